The monoisotopic (exact) mass is 356 g/mol. The van der Waals surface area contributed by atoms with E-state index in [2.05, 4.69) is 24.3 Å². The Hall–Kier alpha value is -1.84. The second kappa shape index (κ2) is 9.75. The number of hydrogen-bond acceptors (Lipinski definition) is 3. The Morgan fingerprint density at radius 1 is 0.769 bits per heavy atom. The van der Waals surface area contributed by atoms with Crippen LogP contribution in [0.4, 0.5) is 0 Å². The highest BCUT2D eigenvalue weighted by Crippen LogP contribution is 2.20. The molecule has 3 heteroatoms. The van der Waals surface area contributed by atoms with Gasteiger partial charge in [-0.2, -0.15) is 0 Å². The molecule has 142 valence electrons. The highest BCUT2D eigenvalue weighted by atomic mass is 16.3. The van der Waals surface area contributed by atoms with Gasteiger partial charge in [0.05, 0.1) is 12.2 Å². The minimum absolute atomic E-state index is 0.134. The minimum Gasteiger partial charge on any atom is -0.508 e. The molecule has 0 fully saturated rings. The summed E-state index contributed by atoms with van der Waals surface area (Å²) < 4.78 is 0. The largest absolute Gasteiger partial charge is 0.508 e. The second-order valence-electron chi connectivity index (χ2n) is 7.81. The maximum atomic E-state index is 9.82. The maximum absolute atomic E-state index is 9.82. The van der Waals surface area contributed by atoms with E-state index in [1.54, 1.807) is 12.1 Å². The lowest BCUT2D eigenvalue weighted by atomic mass is 9.98. The Kier molecular flexibility index (Phi) is 7.67. The van der Waals surface area contributed by atoms with E-state index in [1.165, 1.54) is 11.1 Å². The Labute approximate surface area is 157 Å². The van der Waals surface area contributed by atoms with E-state index >= 15 is 0 Å². The number of phenols is 1. The topological polar surface area (TPSA) is 60.7 Å². The number of aromatic hydroxyl groups is 1. The molecule has 0 aliphatic rings. The first-order valence-corrected chi connectivity index (χ1v) is 9.59. The van der Waals surface area contributed by atoms with Gasteiger partial charge in [-0.1, -0.05) is 49.2 Å². The molecule has 0 bridgehead atoms. The lowest BCUT2D eigenvalue weighted by Crippen LogP contribution is -2.17. The predicted molar refractivity (Wildman–Crippen MR) is 106 cm³/mol. The van der Waals surface area contributed by atoms with Gasteiger partial charge in [0.2, 0.25) is 0 Å². The summed E-state index contributed by atoms with van der Waals surface area (Å²) in [5, 5.41) is 28.6. The van der Waals surface area contributed by atoms with Crippen molar-refractivity contribution in [2.75, 3.05) is 0 Å². The Morgan fingerprint density at radius 2 is 1.35 bits per heavy atom. The summed E-state index contributed by atoms with van der Waals surface area (Å²) >= 11 is 0. The zero-order valence-electron chi connectivity index (χ0n) is 16.0. The van der Waals surface area contributed by atoms with Crippen molar-refractivity contribution in [1.82, 2.24) is 0 Å². The molecule has 2 aromatic rings. The van der Waals surface area contributed by atoms with Crippen LogP contribution in [0.15, 0.2) is 42.5 Å². The highest BCUT2D eigenvalue weighted by Gasteiger charge is 2.10. The molecular weight excluding hydrogens is 324 g/mol. The van der Waals surface area contributed by atoms with Gasteiger partial charge < -0.3 is 15.3 Å². The smallest absolute Gasteiger partial charge is 0.121 e. The van der Waals surface area contributed by atoms with Gasteiger partial charge in [0.25, 0.3) is 0 Å². The van der Waals surface area contributed by atoms with Crippen molar-refractivity contribution in [3.8, 4) is 5.75 Å². The fourth-order valence-corrected chi connectivity index (χ4v) is 3.12. The Bertz CT molecular complexity index is 669. The molecule has 2 aromatic carbocycles. The van der Waals surface area contributed by atoms with Gasteiger partial charge >= 0.3 is 0 Å². The van der Waals surface area contributed by atoms with Crippen molar-refractivity contribution in [2.45, 2.75) is 71.0 Å². The summed E-state index contributed by atoms with van der Waals surface area (Å²) in [6, 6.07) is 14.3. The molecule has 0 spiro atoms. The second-order valence-corrected chi connectivity index (χ2v) is 7.81. The van der Waals surface area contributed by atoms with Crippen LogP contribution in [0.1, 0.15) is 61.8 Å². The van der Waals surface area contributed by atoms with Crippen LogP contribution in [0.2, 0.25) is 0 Å². The molecule has 2 rings (SSSR count). The predicted octanol–water partition coefficient (Wildman–Crippen LogP) is 4.54. The van der Waals surface area contributed by atoms with Crippen LogP contribution in [-0.4, -0.2) is 20.9 Å². The normalized spacial score (nSPS) is 11.7. The number of aryl methyl sites for hydroxylation is 3. The van der Waals surface area contributed by atoms with Gasteiger partial charge in [-0.15, -0.1) is 0 Å². The Morgan fingerprint density at radius 3 is 1.92 bits per heavy atom. The summed E-state index contributed by atoms with van der Waals surface area (Å²) in [6.45, 7) is 3.60. The van der Waals surface area contributed by atoms with Crippen molar-refractivity contribution in [1.29, 1.82) is 0 Å². The minimum atomic E-state index is -0.545. The first-order valence-electron chi connectivity index (χ1n) is 9.59. The molecule has 0 heterocycles. The van der Waals surface area contributed by atoms with Crippen LogP contribution >= 0.6 is 0 Å². The number of aliphatic hydroxyl groups is 2. The number of benzene rings is 2. The van der Waals surface area contributed by atoms with E-state index in [1.807, 2.05) is 19.9 Å². The molecule has 0 saturated heterocycles. The van der Waals surface area contributed by atoms with Gasteiger partial charge in [0, 0.05) is 5.56 Å². The van der Waals surface area contributed by atoms with E-state index in [-0.39, 0.29) is 12.4 Å². The molecule has 0 aliphatic carbocycles. The summed E-state index contributed by atoms with van der Waals surface area (Å²) in [6.07, 6.45) is 7.14. The summed E-state index contributed by atoms with van der Waals surface area (Å²) in [4.78, 5) is 0. The molecule has 3 N–H and O–H groups in total. The van der Waals surface area contributed by atoms with Gasteiger partial charge in [0.1, 0.15) is 5.75 Å². The van der Waals surface area contributed by atoms with Crippen molar-refractivity contribution >= 4 is 0 Å². The van der Waals surface area contributed by atoms with Crippen LogP contribution in [0.5, 0.6) is 5.75 Å². The SMILES string of the molecule is CC(C)(O)CCCCCc1ccc(CCc2ccc(CO)c(O)c2)cc1. The van der Waals surface area contributed by atoms with E-state index in [0.29, 0.717) is 5.56 Å². The molecule has 0 unspecified atom stereocenters. The third-order valence-corrected chi connectivity index (χ3v) is 4.80. The molecule has 0 amide bonds. The van der Waals surface area contributed by atoms with E-state index in [4.69, 9.17) is 5.11 Å². The number of rotatable bonds is 10. The van der Waals surface area contributed by atoms with E-state index in [0.717, 1.165) is 50.5 Å². The fraction of sp³-hybridized carbons (Fsp3) is 0.478. The third kappa shape index (κ3) is 7.19. The standard InChI is InChI=1S/C23H32O3/c1-23(2,26)15-5-3-4-6-18-7-9-19(10-8-18)11-12-20-13-14-21(17-24)22(25)16-20/h7-10,13-14,16,24-26H,3-6,11-12,15,17H2,1-2H3. The first kappa shape index (κ1) is 20.5. The lowest BCUT2D eigenvalue weighted by Gasteiger charge is -2.16. The van der Waals surface area contributed by atoms with Crippen molar-refractivity contribution in [3.05, 3.63) is 64.7 Å². The molecule has 0 radical (unpaired) electrons. The summed E-state index contributed by atoms with van der Waals surface area (Å²) in [5.41, 5.74) is 3.76. The molecule has 0 aromatic heterocycles. The highest BCUT2D eigenvalue weighted by molar-refractivity contribution is 5.36. The number of hydrogen-bond donors (Lipinski definition) is 3. The van der Waals surface area contributed by atoms with Crippen LogP contribution in [-0.2, 0) is 25.9 Å². The van der Waals surface area contributed by atoms with Crippen molar-refractivity contribution < 1.29 is 15.3 Å². The quantitative estimate of drug-likeness (QED) is 0.548. The molecule has 0 atom stereocenters. The maximum Gasteiger partial charge on any atom is 0.121 e. The molecular formula is C23H32O3. The zero-order chi connectivity index (χ0) is 19.0. The van der Waals surface area contributed by atoms with Crippen LogP contribution in [0.3, 0.4) is 0 Å². The zero-order valence-corrected chi connectivity index (χ0v) is 16.0. The molecule has 26 heavy (non-hydrogen) atoms. The van der Waals surface area contributed by atoms with Crippen LogP contribution in [0.25, 0.3) is 0 Å². The Balaban J connectivity index is 1.74. The van der Waals surface area contributed by atoms with Gasteiger partial charge in [-0.05, 0) is 68.7 Å². The molecule has 3 nitrogen and oxygen atoms in total. The molecule has 0 aliphatic heterocycles. The van der Waals surface area contributed by atoms with Crippen LogP contribution < -0.4 is 0 Å². The van der Waals surface area contributed by atoms with Crippen molar-refractivity contribution in [2.24, 2.45) is 0 Å². The average Bonchev–Trinajstić information content (AvgIpc) is 2.60. The van der Waals surface area contributed by atoms with Gasteiger partial charge in [-0.3, -0.25) is 0 Å². The first-order chi connectivity index (χ1) is 12.4. The van der Waals surface area contributed by atoms with Crippen LogP contribution in [0, 0.1) is 0 Å². The number of unbranched alkanes of at least 4 members (excludes halogenated alkanes) is 2. The van der Waals surface area contributed by atoms with E-state index < -0.39 is 5.60 Å². The third-order valence-electron chi connectivity index (χ3n) is 4.80. The van der Waals surface area contributed by atoms with Gasteiger partial charge in [0.15, 0.2) is 0 Å². The average molecular weight is 357 g/mol. The fourth-order valence-electron chi connectivity index (χ4n) is 3.12. The lowest BCUT2D eigenvalue weighted by molar-refractivity contribution is 0.0681. The van der Waals surface area contributed by atoms with E-state index in [9.17, 15) is 10.2 Å². The van der Waals surface area contributed by atoms with Crippen molar-refractivity contribution in [3.63, 3.8) is 0 Å². The summed E-state index contributed by atoms with van der Waals surface area (Å²) in [7, 11) is 0. The van der Waals surface area contributed by atoms with Gasteiger partial charge in [-0.25, -0.2) is 0 Å². The number of aliphatic hydroxyl groups excluding tert-OH is 1. The molecule has 0 saturated carbocycles. The summed E-state index contributed by atoms with van der Waals surface area (Å²) in [5.74, 6) is 0.171.